The van der Waals surface area contributed by atoms with Crippen LogP contribution in [0.1, 0.15) is 93.9 Å². The van der Waals surface area contributed by atoms with Gasteiger partial charge in [-0.2, -0.15) is 0 Å². The zero-order valence-corrected chi connectivity index (χ0v) is 24.9. The van der Waals surface area contributed by atoms with Gasteiger partial charge in [-0.05, 0) is 12.8 Å². The Morgan fingerprint density at radius 2 is 1.09 bits per heavy atom. The first-order chi connectivity index (χ1) is 15.3. The number of carbonyl (C=O) groups is 4. The lowest BCUT2D eigenvalue weighted by Crippen LogP contribution is -2.47. The summed E-state index contributed by atoms with van der Waals surface area (Å²) in [5.41, 5.74) is 0. The third-order valence-corrected chi connectivity index (χ3v) is 6.03. The van der Waals surface area contributed by atoms with E-state index in [4.69, 9.17) is 0 Å². The van der Waals surface area contributed by atoms with Gasteiger partial charge >= 0.3 is 0 Å². The minimum Gasteiger partial charge on any atom is -0.295 e. The number of amides is 4. The van der Waals surface area contributed by atoms with Crippen molar-refractivity contribution in [3.05, 3.63) is 0 Å². The summed E-state index contributed by atoms with van der Waals surface area (Å²) < 4.78 is 32.7. The van der Waals surface area contributed by atoms with Gasteiger partial charge in [0.1, 0.15) is 10.5 Å². The van der Waals surface area contributed by atoms with Crippen LogP contribution in [0.25, 0.3) is 0 Å². The highest BCUT2D eigenvalue weighted by molar-refractivity contribution is 7.92. The van der Waals surface area contributed by atoms with Crippen LogP contribution < -0.4 is 10.6 Å². The summed E-state index contributed by atoms with van der Waals surface area (Å²) in [5, 5.41) is 2.58. The maximum atomic E-state index is 10.9. The van der Waals surface area contributed by atoms with Crippen LogP contribution in [0.4, 0.5) is 0 Å². The van der Waals surface area contributed by atoms with Gasteiger partial charge in [-0.3, -0.25) is 34.0 Å². The van der Waals surface area contributed by atoms with Gasteiger partial charge in [0.05, 0.1) is 0 Å². The molecule has 2 saturated heterocycles. The summed E-state index contributed by atoms with van der Waals surface area (Å²) in [5.74, 6) is -1.77. The molecule has 4 amide bonds. The summed E-state index contributed by atoms with van der Waals surface area (Å²) in [6.07, 6.45) is 5.88. The average molecular weight is 536 g/mol. The molecule has 2 rings (SSSR count). The Bertz CT molecular complexity index is 702. The predicted molar refractivity (Wildman–Crippen MR) is 147 cm³/mol. The number of carbonyl (C=O) groups excluding carboxylic acids is 4. The summed E-state index contributed by atoms with van der Waals surface area (Å²) in [4.78, 5) is 43.1. The third-order valence-electron chi connectivity index (χ3n) is 3.29. The molecule has 2 N–H and O–H groups in total. The standard InChI is InChI=1S/C6H9NO4S.C6H9NO3S.2C3H8.2C2H6.2B/c1-12(10,11)4-2-3-5(8)7-6(4)9;1-11(10)4-2-3-5(8)7-6(4)9;2*1-3-2;2*1-2;;/h4H,2-3H2,1H3,(H,7,8,9);4H,2-3H2,1H3,(H,7,8,9);2*3H2,1-2H3;2*1-2H3;;. The minimum absolute atomic E-state index is 0. The lowest BCUT2D eigenvalue weighted by molar-refractivity contribution is -0.134. The minimum atomic E-state index is -3.36. The fourth-order valence-corrected chi connectivity index (χ4v) is 3.88. The van der Waals surface area contributed by atoms with Crippen LogP contribution in [0, 0.1) is 0 Å². The van der Waals surface area contributed by atoms with E-state index in [-0.39, 0.29) is 35.6 Å². The quantitative estimate of drug-likeness (QED) is 0.407. The third kappa shape index (κ3) is 25.4. The maximum Gasteiger partial charge on any atom is 0.244 e. The van der Waals surface area contributed by atoms with Crippen molar-refractivity contribution in [2.24, 2.45) is 0 Å². The number of sulfone groups is 1. The number of rotatable bonds is 2. The van der Waals surface area contributed by atoms with Crippen molar-refractivity contribution in [3.8, 4) is 0 Å². The first-order valence-electron chi connectivity index (χ1n) is 11.5. The number of hydrogen-bond donors (Lipinski definition) is 2. The molecule has 0 saturated carbocycles. The number of nitrogens with one attached hydrogen (secondary N) is 2. The molecule has 204 valence electrons. The van der Waals surface area contributed by atoms with Gasteiger partial charge in [-0.25, -0.2) is 8.42 Å². The second-order valence-electron chi connectivity index (χ2n) is 6.62. The Morgan fingerprint density at radius 3 is 1.34 bits per heavy atom. The van der Waals surface area contributed by atoms with E-state index in [9.17, 15) is 31.8 Å². The van der Waals surface area contributed by atoms with Crippen LogP contribution in [0.3, 0.4) is 0 Å². The van der Waals surface area contributed by atoms with Crippen molar-refractivity contribution in [1.82, 2.24) is 10.6 Å². The van der Waals surface area contributed by atoms with Crippen LogP contribution >= 0.6 is 0 Å². The molecule has 35 heavy (non-hydrogen) atoms. The van der Waals surface area contributed by atoms with Crippen molar-refractivity contribution in [1.29, 1.82) is 0 Å². The molecule has 0 spiro atoms. The fourth-order valence-electron chi connectivity index (χ4n) is 2.07. The highest BCUT2D eigenvalue weighted by atomic mass is 32.2. The molecule has 2 fully saturated rings. The van der Waals surface area contributed by atoms with E-state index in [2.05, 4.69) is 33.0 Å². The van der Waals surface area contributed by atoms with E-state index in [0.717, 1.165) is 6.26 Å². The Hall–Kier alpha value is -1.49. The summed E-state index contributed by atoms with van der Waals surface area (Å²) >= 11 is 0. The van der Waals surface area contributed by atoms with Gasteiger partial charge in [0.15, 0.2) is 9.84 Å². The molecular formula is C22H46B2N2O7S2. The summed E-state index contributed by atoms with van der Waals surface area (Å²) in [7, 11) is -4.52. The Kier molecular flexibility index (Phi) is 38.4. The van der Waals surface area contributed by atoms with Crippen molar-refractivity contribution in [2.75, 3.05) is 12.5 Å². The highest BCUT2D eigenvalue weighted by Crippen LogP contribution is 2.12. The second-order valence-corrected chi connectivity index (χ2v) is 10.4. The van der Waals surface area contributed by atoms with Gasteiger partial charge in [0.2, 0.25) is 23.6 Å². The van der Waals surface area contributed by atoms with Crippen LogP contribution in [-0.4, -0.2) is 76.1 Å². The van der Waals surface area contributed by atoms with Crippen LogP contribution in [0.2, 0.25) is 0 Å². The lowest BCUT2D eigenvalue weighted by Gasteiger charge is -2.18. The molecule has 0 aromatic heterocycles. The molecule has 3 atom stereocenters. The molecule has 0 bridgehead atoms. The molecule has 2 aliphatic heterocycles. The number of imide groups is 2. The Morgan fingerprint density at radius 1 is 0.771 bits per heavy atom. The zero-order valence-electron chi connectivity index (χ0n) is 23.2. The van der Waals surface area contributed by atoms with Crippen molar-refractivity contribution in [3.63, 3.8) is 0 Å². The van der Waals surface area contributed by atoms with Crippen molar-refractivity contribution in [2.45, 2.75) is 104 Å². The predicted octanol–water partition coefficient (Wildman–Crippen LogP) is 2.13. The molecular weight excluding hydrogens is 490 g/mol. The molecule has 9 nitrogen and oxygen atoms in total. The fraction of sp³-hybridized carbons (Fsp3) is 0.818. The number of hydrogen-bond acceptors (Lipinski definition) is 7. The van der Waals surface area contributed by atoms with Gasteiger partial charge in [0, 0.05) is 53.0 Å². The zero-order chi connectivity index (χ0) is 27.2. The van der Waals surface area contributed by atoms with E-state index in [1.165, 1.54) is 19.1 Å². The molecule has 0 aromatic rings. The number of piperidine rings is 2. The van der Waals surface area contributed by atoms with E-state index < -0.39 is 48.9 Å². The lowest BCUT2D eigenvalue weighted by atomic mass is 10.1. The monoisotopic (exact) mass is 536 g/mol. The molecule has 3 unspecified atom stereocenters. The Labute approximate surface area is 220 Å². The van der Waals surface area contributed by atoms with Crippen molar-refractivity contribution < 1.29 is 31.8 Å². The van der Waals surface area contributed by atoms with Gasteiger partial charge in [-0.1, -0.05) is 68.2 Å². The maximum absolute atomic E-state index is 10.9. The molecule has 6 radical (unpaired) electrons. The van der Waals surface area contributed by atoms with Crippen molar-refractivity contribution >= 4 is 61.1 Å². The molecule has 13 heteroatoms. The second kappa shape index (κ2) is 28.7. The SMILES string of the molecule is CC.CC.CCC.CCC.CS(=O)(=O)C1CCC(=O)NC1=O.CS(=O)C1CCC(=O)NC1=O.[B].[B]. The van der Waals surface area contributed by atoms with E-state index in [0.29, 0.717) is 12.8 Å². The van der Waals surface area contributed by atoms with E-state index in [1.807, 2.05) is 33.0 Å². The average Bonchev–Trinajstić information content (AvgIpc) is 2.71. The summed E-state index contributed by atoms with van der Waals surface area (Å²) in [6, 6.07) is 0. The van der Waals surface area contributed by atoms with Crippen LogP contribution in [0.5, 0.6) is 0 Å². The van der Waals surface area contributed by atoms with E-state index >= 15 is 0 Å². The van der Waals surface area contributed by atoms with E-state index in [1.54, 1.807) is 0 Å². The smallest absolute Gasteiger partial charge is 0.244 e. The molecule has 2 aliphatic rings. The first-order valence-corrected chi connectivity index (χ1v) is 15.1. The molecule has 0 aliphatic carbocycles. The first kappa shape index (κ1) is 46.8. The molecule has 0 aromatic carbocycles. The topological polar surface area (TPSA) is 144 Å². The molecule has 2 heterocycles. The van der Waals surface area contributed by atoms with Crippen LogP contribution in [0.15, 0.2) is 0 Å². The normalized spacial score (nSPS) is 18.8. The summed E-state index contributed by atoms with van der Waals surface area (Å²) in [6.45, 7) is 16.5. The van der Waals surface area contributed by atoms with Gasteiger partial charge in [0.25, 0.3) is 0 Å². The van der Waals surface area contributed by atoms with Gasteiger partial charge < -0.3 is 0 Å². The Balaban J connectivity index is -0.0000000845. The van der Waals surface area contributed by atoms with Gasteiger partial charge in [-0.15, -0.1) is 0 Å². The highest BCUT2D eigenvalue weighted by Gasteiger charge is 2.34. The van der Waals surface area contributed by atoms with Crippen LogP contribution in [-0.2, 0) is 39.8 Å². The largest absolute Gasteiger partial charge is 0.295 e.